The van der Waals surface area contributed by atoms with Gasteiger partial charge in [0, 0.05) is 5.39 Å². The highest BCUT2D eigenvalue weighted by molar-refractivity contribution is 5.88. The lowest BCUT2D eigenvalue weighted by molar-refractivity contribution is -0.134. The van der Waals surface area contributed by atoms with Crippen molar-refractivity contribution < 1.29 is 14.6 Å². The molecule has 0 fully saturated rings. The monoisotopic (exact) mass is 257 g/mol. The first kappa shape index (κ1) is 12.6. The highest BCUT2D eigenvalue weighted by atomic mass is 16.5. The number of nitrogens with one attached hydrogen (secondary N) is 1. The lowest BCUT2D eigenvalue weighted by Crippen LogP contribution is -2.14. The summed E-state index contributed by atoms with van der Waals surface area (Å²) in [5.74, 6) is -0.215. The van der Waals surface area contributed by atoms with Gasteiger partial charge in [-0.05, 0) is 12.1 Å². The van der Waals surface area contributed by atoms with Crippen molar-refractivity contribution in [2.45, 2.75) is 0 Å². The second-order valence-corrected chi connectivity index (χ2v) is 3.78. The van der Waals surface area contributed by atoms with Crippen molar-refractivity contribution >= 4 is 22.7 Å². The summed E-state index contributed by atoms with van der Waals surface area (Å²) in [6.07, 6.45) is 0. The van der Waals surface area contributed by atoms with Crippen LogP contribution in [0, 0.1) is 11.3 Å². The van der Waals surface area contributed by atoms with Crippen molar-refractivity contribution in [3.8, 4) is 11.8 Å². The average molecular weight is 257 g/mol. The quantitative estimate of drug-likeness (QED) is 0.864. The van der Waals surface area contributed by atoms with E-state index in [-0.39, 0.29) is 12.4 Å². The van der Waals surface area contributed by atoms with Gasteiger partial charge in [-0.2, -0.15) is 5.26 Å². The van der Waals surface area contributed by atoms with Gasteiger partial charge in [0.2, 0.25) is 0 Å². The zero-order valence-corrected chi connectivity index (χ0v) is 10.2. The van der Waals surface area contributed by atoms with Crippen molar-refractivity contribution in [3.63, 3.8) is 0 Å². The standard InChI is InChI=1S/C13H11N3O3/c1-19-10-4-2-3-8-5-9(6-14)13(16-12(8)10)15-7-11(17)18/h2-5H,7H2,1H3,(H,15,16)(H,17,18). The summed E-state index contributed by atoms with van der Waals surface area (Å²) in [5, 5.41) is 21.1. The molecule has 1 aromatic heterocycles. The van der Waals surface area contributed by atoms with Gasteiger partial charge >= 0.3 is 5.97 Å². The number of pyridine rings is 1. The molecular weight excluding hydrogens is 246 g/mol. The number of aliphatic carboxylic acids is 1. The normalized spacial score (nSPS) is 9.89. The number of nitrogens with zero attached hydrogens (tertiary/aromatic N) is 2. The van der Waals surface area contributed by atoms with Crippen LogP contribution in [-0.2, 0) is 4.79 Å². The smallest absolute Gasteiger partial charge is 0.322 e. The lowest BCUT2D eigenvalue weighted by Gasteiger charge is -2.09. The summed E-state index contributed by atoms with van der Waals surface area (Å²) >= 11 is 0. The van der Waals surface area contributed by atoms with Crippen LogP contribution in [0.25, 0.3) is 10.9 Å². The van der Waals surface area contributed by atoms with Crippen LogP contribution in [0.3, 0.4) is 0 Å². The molecule has 0 aliphatic carbocycles. The van der Waals surface area contributed by atoms with Crippen LogP contribution in [0.4, 0.5) is 5.82 Å². The Bertz CT molecular complexity index is 677. The van der Waals surface area contributed by atoms with E-state index in [1.54, 1.807) is 18.2 Å². The van der Waals surface area contributed by atoms with Crippen LogP contribution in [0.2, 0.25) is 0 Å². The molecule has 0 unspecified atom stereocenters. The first-order valence-electron chi connectivity index (χ1n) is 5.49. The first-order valence-corrected chi connectivity index (χ1v) is 5.49. The summed E-state index contributed by atoms with van der Waals surface area (Å²) in [4.78, 5) is 14.8. The minimum Gasteiger partial charge on any atom is -0.494 e. The SMILES string of the molecule is COc1cccc2cc(C#N)c(NCC(=O)O)nc12. The molecule has 0 atom stereocenters. The Labute approximate surface area is 109 Å². The predicted molar refractivity (Wildman–Crippen MR) is 69.1 cm³/mol. The molecule has 6 heteroatoms. The van der Waals surface area contributed by atoms with Crippen LogP contribution in [0.15, 0.2) is 24.3 Å². The fraction of sp³-hybridized carbons (Fsp3) is 0.154. The molecule has 0 radical (unpaired) electrons. The minimum atomic E-state index is -1.02. The van der Waals surface area contributed by atoms with E-state index < -0.39 is 5.97 Å². The number of para-hydroxylation sites is 1. The molecule has 0 saturated heterocycles. The highest BCUT2D eigenvalue weighted by Gasteiger charge is 2.10. The predicted octanol–water partition coefficient (Wildman–Crippen LogP) is 1.61. The molecule has 0 aliphatic heterocycles. The molecule has 0 amide bonds. The van der Waals surface area contributed by atoms with E-state index in [9.17, 15) is 4.79 Å². The van der Waals surface area contributed by atoms with Crippen LogP contribution in [-0.4, -0.2) is 29.7 Å². The molecule has 0 saturated carbocycles. The maximum atomic E-state index is 10.6. The van der Waals surface area contributed by atoms with E-state index in [4.69, 9.17) is 15.1 Å². The number of aromatic nitrogens is 1. The number of nitriles is 1. The third-order valence-corrected chi connectivity index (χ3v) is 2.56. The van der Waals surface area contributed by atoms with E-state index in [1.165, 1.54) is 7.11 Å². The largest absolute Gasteiger partial charge is 0.494 e. The minimum absolute atomic E-state index is 0.238. The Kier molecular flexibility index (Phi) is 3.48. The van der Waals surface area contributed by atoms with E-state index >= 15 is 0 Å². The van der Waals surface area contributed by atoms with Gasteiger partial charge in [-0.1, -0.05) is 12.1 Å². The summed E-state index contributed by atoms with van der Waals surface area (Å²) in [7, 11) is 1.53. The van der Waals surface area contributed by atoms with E-state index in [0.29, 0.717) is 16.8 Å². The number of carbonyl (C=O) groups is 1. The number of rotatable bonds is 4. The van der Waals surface area contributed by atoms with E-state index in [1.807, 2.05) is 12.1 Å². The number of hydrogen-bond donors (Lipinski definition) is 2. The van der Waals surface area contributed by atoms with Crippen LogP contribution in [0.5, 0.6) is 5.75 Å². The molecule has 96 valence electrons. The summed E-state index contributed by atoms with van der Waals surface area (Å²) in [6, 6.07) is 9.00. The third-order valence-electron chi connectivity index (χ3n) is 2.56. The number of anilines is 1. The number of methoxy groups -OCH3 is 1. The van der Waals surface area contributed by atoms with Crippen molar-refractivity contribution in [1.82, 2.24) is 4.98 Å². The third kappa shape index (κ3) is 2.55. The van der Waals surface area contributed by atoms with Crippen molar-refractivity contribution in [2.75, 3.05) is 19.0 Å². The van der Waals surface area contributed by atoms with Crippen molar-refractivity contribution in [3.05, 3.63) is 29.8 Å². The summed E-state index contributed by atoms with van der Waals surface area (Å²) in [6.45, 7) is -0.303. The Hall–Kier alpha value is -2.81. The molecule has 1 heterocycles. The van der Waals surface area contributed by atoms with Crippen molar-refractivity contribution in [2.24, 2.45) is 0 Å². The van der Waals surface area contributed by atoms with Crippen LogP contribution in [0.1, 0.15) is 5.56 Å². The van der Waals surface area contributed by atoms with E-state index in [0.717, 1.165) is 5.39 Å². The number of benzene rings is 1. The number of fused-ring (bicyclic) bond motifs is 1. The van der Waals surface area contributed by atoms with Crippen LogP contribution < -0.4 is 10.1 Å². The average Bonchev–Trinajstić information content (AvgIpc) is 2.43. The molecule has 2 aromatic rings. The topological polar surface area (TPSA) is 95.2 Å². The molecule has 0 spiro atoms. The van der Waals surface area contributed by atoms with Crippen LogP contribution >= 0.6 is 0 Å². The summed E-state index contributed by atoms with van der Waals surface area (Å²) in [5.41, 5.74) is 0.874. The molecule has 0 bridgehead atoms. The van der Waals surface area contributed by atoms with E-state index in [2.05, 4.69) is 10.3 Å². The van der Waals surface area contributed by atoms with Gasteiger partial charge in [0.1, 0.15) is 29.7 Å². The maximum absolute atomic E-state index is 10.6. The van der Waals surface area contributed by atoms with Gasteiger partial charge in [0.05, 0.1) is 12.7 Å². The first-order chi connectivity index (χ1) is 9.15. The second-order valence-electron chi connectivity index (χ2n) is 3.78. The fourth-order valence-electron chi connectivity index (χ4n) is 1.72. The van der Waals surface area contributed by atoms with Gasteiger partial charge in [-0.25, -0.2) is 4.98 Å². The molecule has 6 nitrogen and oxygen atoms in total. The number of hydrogen-bond acceptors (Lipinski definition) is 5. The molecule has 1 aromatic carbocycles. The van der Waals surface area contributed by atoms with Gasteiger partial charge < -0.3 is 15.2 Å². The summed E-state index contributed by atoms with van der Waals surface area (Å²) < 4.78 is 5.19. The Morgan fingerprint density at radius 1 is 1.58 bits per heavy atom. The van der Waals surface area contributed by atoms with Gasteiger partial charge in [-0.15, -0.1) is 0 Å². The molecule has 2 rings (SSSR count). The molecule has 0 aliphatic rings. The molecule has 19 heavy (non-hydrogen) atoms. The zero-order chi connectivity index (χ0) is 13.8. The second kappa shape index (κ2) is 5.23. The number of carboxylic acid groups (broad SMARTS) is 1. The number of ether oxygens (including phenoxy) is 1. The molecular formula is C13H11N3O3. The Morgan fingerprint density at radius 3 is 3.00 bits per heavy atom. The van der Waals surface area contributed by atoms with Gasteiger partial charge in [0.25, 0.3) is 0 Å². The van der Waals surface area contributed by atoms with Gasteiger partial charge in [0.15, 0.2) is 0 Å². The van der Waals surface area contributed by atoms with Crippen molar-refractivity contribution in [1.29, 1.82) is 5.26 Å². The fourth-order valence-corrected chi connectivity index (χ4v) is 1.72. The lowest BCUT2D eigenvalue weighted by atomic mass is 10.1. The Morgan fingerprint density at radius 2 is 2.37 bits per heavy atom. The zero-order valence-electron chi connectivity index (χ0n) is 10.2. The van der Waals surface area contributed by atoms with Gasteiger partial charge in [-0.3, -0.25) is 4.79 Å². The number of carboxylic acids is 1. The molecule has 2 N–H and O–H groups in total. The Balaban J connectivity index is 2.56. The highest BCUT2D eigenvalue weighted by Crippen LogP contribution is 2.27. The maximum Gasteiger partial charge on any atom is 0.322 e.